The van der Waals surface area contributed by atoms with Gasteiger partial charge in [-0.05, 0) is 32.0 Å². The Morgan fingerprint density at radius 1 is 1.44 bits per heavy atom. The third-order valence-electron chi connectivity index (χ3n) is 2.66. The molecule has 0 radical (unpaired) electrons. The van der Waals surface area contributed by atoms with Gasteiger partial charge < -0.3 is 9.30 Å². The zero-order valence-electron chi connectivity index (χ0n) is 9.60. The van der Waals surface area contributed by atoms with E-state index >= 15 is 0 Å². The zero-order chi connectivity index (χ0) is 11.7. The number of aromatic nitrogens is 2. The van der Waals surface area contributed by atoms with Crippen molar-refractivity contribution in [3.63, 3.8) is 0 Å². The summed E-state index contributed by atoms with van der Waals surface area (Å²) in [6, 6.07) is 5.55. The van der Waals surface area contributed by atoms with Crippen LogP contribution in [0.5, 0.6) is 0 Å². The summed E-state index contributed by atoms with van der Waals surface area (Å²) in [4.78, 5) is 15.9. The van der Waals surface area contributed by atoms with E-state index in [0.717, 1.165) is 16.7 Å². The highest BCUT2D eigenvalue weighted by Crippen LogP contribution is 2.19. The first-order valence-corrected chi connectivity index (χ1v) is 5.15. The molecule has 16 heavy (non-hydrogen) atoms. The van der Waals surface area contributed by atoms with E-state index < -0.39 is 0 Å². The van der Waals surface area contributed by atoms with E-state index in [1.807, 2.05) is 35.9 Å². The number of rotatable bonds is 2. The predicted molar refractivity (Wildman–Crippen MR) is 61.2 cm³/mol. The Kier molecular flexibility index (Phi) is 2.64. The van der Waals surface area contributed by atoms with Gasteiger partial charge in [-0.1, -0.05) is 0 Å². The second-order valence-corrected chi connectivity index (χ2v) is 3.79. The van der Waals surface area contributed by atoms with Crippen LogP contribution in [0.2, 0.25) is 0 Å². The molecule has 0 N–H and O–H groups in total. The first kappa shape index (κ1) is 10.7. The lowest BCUT2D eigenvalue weighted by Crippen LogP contribution is -2.17. The van der Waals surface area contributed by atoms with Crippen molar-refractivity contribution >= 4 is 17.0 Å². The van der Waals surface area contributed by atoms with Crippen molar-refractivity contribution in [2.45, 2.75) is 19.9 Å². The molecule has 0 aliphatic carbocycles. The first-order valence-electron chi connectivity index (χ1n) is 5.15. The van der Waals surface area contributed by atoms with Crippen LogP contribution in [0.3, 0.4) is 0 Å². The molecule has 0 bridgehead atoms. The van der Waals surface area contributed by atoms with Gasteiger partial charge in [0.25, 0.3) is 0 Å². The smallest absolute Gasteiger partial charge is 0.328 e. The molecule has 0 saturated carbocycles. The molecular formula is C12H14N2O2. The lowest BCUT2D eigenvalue weighted by molar-refractivity contribution is -0.143. The van der Waals surface area contributed by atoms with Crippen LogP contribution in [0.15, 0.2) is 24.4 Å². The Bertz CT molecular complexity index is 531. The molecule has 0 aromatic carbocycles. The van der Waals surface area contributed by atoms with Gasteiger partial charge in [0.2, 0.25) is 0 Å². The fourth-order valence-electron chi connectivity index (χ4n) is 1.72. The second-order valence-electron chi connectivity index (χ2n) is 3.79. The lowest BCUT2D eigenvalue weighted by atomic mass is 10.3. The zero-order valence-corrected chi connectivity index (χ0v) is 9.60. The van der Waals surface area contributed by atoms with E-state index in [4.69, 9.17) is 4.74 Å². The summed E-state index contributed by atoms with van der Waals surface area (Å²) in [7, 11) is 1.39. The molecule has 1 atom stereocenters. The molecule has 0 amide bonds. The third-order valence-corrected chi connectivity index (χ3v) is 2.66. The summed E-state index contributed by atoms with van der Waals surface area (Å²) >= 11 is 0. The van der Waals surface area contributed by atoms with Crippen LogP contribution >= 0.6 is 0 Å². The van der Waals surface area contributed by atoms with Crippen molar-refractivity contribution in [3.05, 3.63) is 30.1 Å². The molecule has 84 valence electrons. The summed E-state index contributed by atoms with van der Waals surface area (Å²) in [5.74, 6) is -0.263. The number of ether oxygens (including phenoxy) is 1. The van der Waals surface area contributed by atoms with Gasteiger partial charge in [-0.2, -0.15) is 0 Å². The van der Waals surface area contributed by atoms with Crippen molar-refractivity contribution in [2.75, 3.05) is 7.11 Å². The number of aryl methyl sites for hydroxylation is 1. The average Bonchev–Trinajstić information content (AvgIpc) is 2.69. The minimum absolute atomic E-state index is 0.263. The molecule has 4 nitrogen and oxygen atoms in total. The van der Waals surface area contributed by atoms with E-state index in [1.54, 1.807) is 6.92 Å². The maximum absolute atomic E-state index is 11.5. The summed E-state index contributed by atoms with van der Waals surface area (Å²) in [5, 5.41) is 1.03. The fourth-order valence-corrected chi connectivity index (χ4v) is 1.72. The van der Waals surface area contributed by atoms with E-state index in [9.17, 15) is 4.79 Å². The topological polar surface area (TPSA) is 44.1 Å². The summed E-state index contributed by atoms with van der Waals surface area (Å²) in [6.45, 7) is 3.73. The molecule has 2 aromatic heterocycles. The molecule has 0 aliphatic heterocycles. The highest BCUT2D eigenvalue weighted by atomic mass is 16.5. The van der Waals surface area contributed by atoms with E-state index in [1.165, 1.54) is 7.11 Å². The van der Waals surface area contributed by atoms with E-state index in [0.29, 0.717) is 0 Å². The molecule has 2 aromatic rings. The highest BCUT2D eigenvalue weighted by Gasteiger charge is 2.17. The van der Waals surface area contributed by atoms with Crippen LogP contribution in [-0.2, 0) is 9.53 Å². The standard InChI is InChI=1S/C12H14N2O2/c1-8-4-5-10-6-7-14(11(10)13-8)9(2)12(15)16-3/h4-7,9H,1-3H3. The highest BCUT2D eigenvalue weighted by molar-refractivity contribution is 5.80. The van der Waals surface area contributed by atoms with Crippen LogP contribution in [0.25, 0.3) is 11.0 Å². The molecule has 1 unspecified atom stereocenters. The quantitative estimate of drug-likeness (QED) is 0.725. The minimum atomic E-state index is -0.350. The average molecular weight is 218 g/mol. The Morgan fingerprint density at radius 3 is 2.88 bits per heavy atom. The van der Waals surface area contributed by atoms with Crippen molar-refractivity contribution < 1.29 is 9.53 Å². The van der Waals surface area contributed by atoms with Gasteiger partial charge in [-0.3, -0.25) is 0 Å². The van der Waals surface area contributed by atoms with Crippen LogP contribution in [-0.4, -0.2) is 22.6 Å². The van der Waals surface area contributed by atoms with Crippen molar-refractivity contribution in [3.8, 4) is 0 Å². The van der Waals surface area contributed by atoms with Gasteiger partial charge in [-0.15, -0.1) is 0 Å². The van der Waals surface area contributed by atoms with E-state index in [2.05, 4.69) is 4.98 Å². The van der Waals surface area contributed by atoms with Gasteiger partial charge in [0.15, 0.2) is 0 Å². The van der Waals surface area contributed by atoms with Crippen molar-refractivity contribution in [1.29, 1.82) is 0 Å². The number of fused-ring (bicyclic) bond motifs is 1. The maximum atomic E-state index is 11.5. The molecule has 0 fully saturated rings. The first-order chi connectivity index (χ1) is 7.63. The molecule has 0 saturated heterocycles. The molecule has 0 aliphatic rings. The number of hydrogen-bond acceptors (Lipinski definition) is 3. The predicted octanol–water partition coefficient (Wildman–Crippen LogP) is 2.08. The summed E-state index contributed by atoms with van der Waals surface area (Å²) in [6.07, 6.45) is 1.86. The number of methoxy groups -OCH3 is 1. The summed E-state index contributed by atoms with van der Waals surface area (Å²) < 4.78 is 6.55. The van der Waals surface area contributed by atoms with E-state index in [-0.39, 0.29) is 12.0 Å². The third kappa shape index (κ3) is 1.66. The molecule has 2 heterocycles. The van der Waals surface area contributed by atoms with Crippen molar-refractivity contribution in [1.82, 2.24) is 9.55 Å². The van der Waals surface area contributed by atoms with Crippen LogP contribution in [0.4, 0.5) is 0 Å². The second kappa shape index (κ2) is 3.96. The van der Waals surface area contributed by atoms with Crippen molar-refractivity contribution in [2.24, 2.45) is 0 Å². The number of carbonyl (C=O) groups excluding carboxylic acids is 1. The molecule has 2 rings (SSSR count). The number of hydrogen-bond donors (Lipinski definition) is 0. The van der Waals surface area contributed by atoms with Gasteiger partial charge >= 0.3 is 5.97 Å². The Balaban J connectivity index is 2.52. The Labute approximate surface area is 93.9 Å². The molecular weight excluding hydrogens is 204 g/mol. The monoisotopic (exact) mass is 218 g/mol. The number of esters is 1. The minimum Gasteiger partial charge on any atom is -0.467 e. The normalized spacial score (nSPS) is 12.7. The number of carbonyl (C=O) groups is 1. The fraction of sp³-hybridized carbons (Fsp3) is 0.333. The number of pyridine rings is 1. The number of nitrogens with zero attached hydrogens (tertiary/aromatic N) is 2. The molecule has 4 heteroatoms. The maximum Gasteiger partial charge on any atom is 0.328 e. The van der Waals surface area contributed by atoms with Crippen LogP contribution < -0.4 is 0 Å². The van der Waals surface area contributed by atoms with Gasteiger partial charge in [0.1, 0.15) is 11.7 Å². The van der Waals surface area contributed by atoms with Crippen LogP contribution in [0.1, 0.15) is 18.7 Å². The Morgan fingerprint density at radius 2 is 2.19 bits per heavy atom. The summed E-state index contributed by atoms with van der Waals surface area (Å²) in [5.41, 5.74) is 1.75. The largest absolute Gasteiger partial charge is 0.467 e. The molecule has 0 spiro atoms. The SMILES string of the molecule is COC(=O)C(C)n1ccc2ccc(C)nc21. The van der Waals surface area contributed by atoms with Gasteiger partial charge in [0, 0.05) is 17.3 Å². The lowest BCUT2D eigenvalue weighted by Gasteiger charge is -2.12. The van der Waals surface area contributed by atoms with Crippen LogP contribution in [0, 0.1) is 6.92 Å². The van der Waals surface area contributed by atoms with Gasteiger partial charge in [-0.25, -0.2) is 9.78 Å². The Hall–Kier alpha value is -1.84. The van der Waals surface area contributed by atoms with Gasteiger partial charge in [0.05, 0.1) is 7.11 Å².